The van der Waals surface area contributed by atoms with Crippen LogP contribution < -0.4 is 5.32 Å². The van der Waals surface area contributed by atoms with Crippen molar-refractivity contribution >= 4 is 28.9 Å². The molecule has 0 aliphatic heterocycles. The molecule has 0 aromatic heterocycles. The van der Waals surface area contributed by atoms with Gasteiger partial charge >= 0.3 is 5.97 Å². The molecule has 3 nitrogen and oxygen atoms in total. The summed E-state index contributed by atoms with van der Waals surface area (Å²) in [7, 11) is 0. The highest BCUT2D eigenvalue weighted by molar-refractivity contribution is 7.81. The Labute approximate surface area is 110 Å². The van der Waals surface area contributed by atoms with Crippen LogP contribution in [0.15, 0.2) is 54.6 Å². The van der Waals surface area contributed by atoms with Gasteiger partial charge in [-0.15, -0.1) is 0 Å². The summed E-state index contributed by atoms with van der Waals surface area (Å²) in [6.07, 6.45) is 0. The second-order valence-corrected chi connectivity index (χ2v) is 4.11. The minimum Gasteiger partial charge on any atom is -0.478 e. The molecule has 4 heteroatoms. The van der Waals surface area contributed by atoms with Gasteiger partial charge in [-0.25, -0.2) is 4.79 Å². The van der Waals surface area contributed by atoms with Crippen LogP contribution >= 0.6 is 12.2 Å². The lowest BCUT2D eigenvalue weighted by molar-refractivity contribution is 0.0697. The Kier molecular flexibility index (Phi) is 3.69. The third-order valence-electron chi connectivity index (χ3n) is 2.43. The van der Waals surface area contributed by atoms with E-state index in [0.29, 0.717) is 4.99 Å². The van der Waals surface area contributed by atoms with Crippen molar-refractivity contribution in [2.45, 2.75) is 0 Å². The minimum absolute atomic E-state index is 0.256. The zero-order valence-corrected chi connectivity index (χ0v) is 10.3. The van der Waals surface area contributed by atoms with Crippen molar-refractivity contribution in [2.24, 2.45) is 0 Å². The molecule has 0 fully saturated rings. The summed E-state index contributed by atoms with van der Waals surface area (Å²) in [6.45, 7) is 0. The van der Waals surface area contributed by atoms with Crippen molar-refractivity contribution in [1.29, 1.82) is 0 Å². The number of nitrogens with one attached hydrogen (secondary N) is 1. The van der Waals surface area contributed by atoms with E-state index in [9.17, 15) is 4.79 Å². The summed E-state index contributed by atoms with van der Waals surface area (Å²) in [5.41, 5.74) is 1.95. The van der Waals surface area contributed by atoms with Gasteiger partial charge in [0.15, 0.2) is 0 Å². The van der Waals surface area contributed by atoms with Gasteiger partial charge < -0.3 is 10.4 Å². The zero-order valence-electron chi connectivity index (χ0n) is 9.46. The fraction of sp³-hybridized carbons (Fsp3) is 0. The van der Waals surface area contributed by atoms with Crippen molar-refractivity contribution in [3.63, 3.8) is 0 Å². The van der Waals surface area contributed by atoms with Gasteiger partial charge in [0.05, 0.1) is 5.56 Å². The molecule has 0 saturated carbocycles. The maximum absolute atomic E-state index is 10.7. The number of aromatic carboxylic acids is 1. The maximum Gasteiger partial charge on any atom is 0.335 e. The molecule has 0 unspecified atom stereocenters. The van der Waals surface area contributed by atoms with Gasteiger partial charge in [-0.05, 0) is 24.3 Å². The molecule has 90 valence electrons. The molecular formula is C14H11NO2S. The molecule has 0 aliphatic rings. The smallest absolute Gasteiger partial charge is 0.335 e. The highest BCUT2D eigenvalue weighted by atomic mass is 32.1. The number of hydrogen-bond acceptors (Lipinski definition) is 2. The first-order valence-electron chi connectivity index (χ1n) is 5.36. The van der Waals surface area contributed by atoms with Crippen LogP contribution in [0.1, 0.15) is 15.9 Å². The van der Waals surface area contributed by atoms with Crippen LogP contribution in [0, 0.1) is 0 Å². The molecule has 18 heavy (non-hydrogen) atoms. The molecule has 0 heterocycles. The highest BCUT2D eigenvalue weighted by Gasteiger charge is 2.03. The third kappa shape index (κ3) is 2.93. The Morgan fingerprint density at radius 3 is 2.11 bits per heavy atom. The van der Waals surface area contributed by atoms with Crippen LogP contribution in [0.2, 0.25) is 0 Å². The molecule has 0 atom stereocenters. The average molecular weight is 257 g/mol. The largest absolute Gasteiger partial charge is 0.478 e. The van der Waals surface area contributed by atoms with Crippen molar-refractivity contribution in [1.82, 2.24) is 0 Å². The SMILES string of the molecule is O=C(O)c1ccc(NC(=S)c2ccccc2)cc1. The normalized spacial score (nSPS) is 9.78. The highest BCUT2D eigenvalue weighted by Crippen LogP contribution is 2.12. The molecule has 2 aromatic carbocycles. The average Bonchev–Trinajstić information content (AvgIpc) is 2.40. The Bertz CT molecular complexity index is 564. The first kappa shape index (κ1) is 12.3. The third-order valence-corrected chi connectivity index (χ3v) is 2.76. The van der Waals surface area contributed by atoms with Gasteiger partial charge in [-0.1, -0.05) is 42.5 Å². The monoisotopic (exact) mass is 257 g/mol. The lowest BCUT2D eigenvalue weighted by Crippen LogP contribution is -2.10. The number of carbonyl (C=O) groups is 1. The van der Waals surface area contributed by atoms with Crippen LogP contribution in [0.4, 0.5) is 5.69 Å². The fourth-order valence-electron chi connectivity index (χ4n) is 1.49. The van der Waals surface area contributed by atoms with E-state index in [1.807, 2.05) is 30.3 Å². The van der Waals surface area contributed by atoms with Gasteiger partial charge in [-0.3, -0.25) is 0 Å². The van der Waals surface area contributed by atoms with Gasteiger partial charge in [0.25, 0.3) is 0 Å². The lowest BCUT2D eigenvalue weighted by Gasteiger charge is -2.08. The van der Waals surface area contributed by atoms with Gasteiger partial charge in [-0.2, -0.15) is 0 Å². The minimum atomic E-state index is -0.938. The summed E-state index contributed by atoms with van der Waals surface area (Å²) in [5, 5.41) is 11.9. The molecule has 2 aromatic rings. The van der Waals surface area contributed by atoms with Crippen LogP contribution in [0.25, 0.3) is 0 Å². The molecule has 2 N–H and O–H groups in total. The predicted molar refractivity (Wildman–Crippen MR) is 75.2 cm³/mol. The van der Waals surface area contributed by atoms with Crippen molar-refractivity contribution in [3.8, 4) is 0 Å². The van der Waals surface area contributed by atoms with Crippen molar-refractivity contribution < 1.29 is 9.90 Å². The Hall–Kier alpha value is -2.20. The number of benzene rings is 2. The van der Waals surface area contributed by atoms with E-state index < -0.39 is 5.97 Å². The van der Waals surface area contributed by atoms with Crippen molar-refractivity contribution in [3.05, 3.63) is 65.7 Å². The predicted octanol–water partition coefficient (Wildman–Crippen LogP) is 3.17. The number of rotatable bonds is 3. The van der Waals surface area contributed by atoms with Crippen LogP contribution in [0.5, 0.6) is 0 Å². The number of anilines is 1. The first-order chi connectivity index (χ1) is 8.66. The fourth-order valence-corrected chi connectivity index (χ4v) is 1.74. The molecule has 0 amide bonds. The Morgan fingerprint density at radius 2 is 1.56 bits per heavy atom. The van der Waals surface area contributed by atoms with Gasteiger partial charge in [0.2, 0.25) is 0 Å². The molecule has 2 rings (SSSR count). The van der Waals surface area contributed by atoms with Crippen molar-refractivity contribution in [2.75, 3.05) is 5.32 Å². The first-order valence-corrected chi connectivity index (χ1v) is 5.77. The van der Waals surface area contributed by atoms with Crippen LogP contribution in [0.3, 0.4) is 0 Å². The summed E-state index contributed by atoms with van der Waals surface area (Å²) < 4.78 is 0. The Morgan fingerprint density at radius 1 is 0.944 bits per heavy atom. The molecule has 0 spiro atoms. The summed E-state index contributed by atoms with van der Waals surface area (Å²) >= 11 is 5.26. The maximum atomic E-state index is 10.7. The standard InChI is InChI=1S/C14H11NO2S/c16-14(17)11-6-8-12(9-7-11)15-13(18)10-4-2-1-3-5-10/h1-9H,(H,15,18)(H,16,17). The van der Waals surface area contributed by atoms with E-state index in [4.69, 9.17) is 17.3 Å². The van der Waals surface area contributed by atoms with E-state index in [1.165, 1.54) is 12.1 Å². The molecular weight excluding hydrogens is 246 g/mol. The number of carboxylic acids is 1. The van der Waals surface area contributed by atoms with Gasteiger partial charge in [0.1, 0.15) is 4.99 Å². The second kappa shape index (κ2) is 5.42. The quantitative estimate of drug-likeness (QED) is 0.829. The number of carboxylic acid groups (broad SMARTS) is 1. The van der Waals surface area contributed by atoms with E-state index in [1.54, 1.807) is 12.1 Å². The number of thiocarbonyl (C=S) groups is 1. The Balaban J connectivity index is 2.10. The summed E-state index contributed by atoms with van der Waals surface area (Å²) in [6, 6.07) is 16.1. The molecule has 0 aliphatic carbocycles. The molecule has 0 radical (unpaired) electrons. The van der Waals surface area contributed by atoms with Crippen LogP contribution in [-0.4, -0.2) is 16.1 Å². The lowest BCUT2D eigenvalue weighted by atomic mass is 10.2. The topological polar surface area (TPSA) is 49.3 Å². The molecule has 0 saturated heterocycles. The van der Waals surface area contributed by atoms with E-state index >= 15 is 0 Å². The van der Waals surface area contributed by atoms with Crippen LogP contribution in [-0.2, 0) is 0 Å². The molecule has 0 bridgehead atoms. The van der Waals surface area contributed by atoms with Gasteiger partial charge in [0, 0.05) is 11.3 Å². The van der Waals surface area contributed by atoms with E-state index in [2.05, 4.69) is 5.32 Å². The second-order valence-electron chi connectivity index (χ2n) is 3.70. The van der Waals surface area contributed by atoms with E-state index in [-0.39, 0.29) is 5.56 Å². The zero-order chi connectivity index (χ0) is 13.0. The number of hydrogen-bond donors (Lipinski definition) is 2. The summed E-state index contributed by atoms with van der Waals surface area (Å²) in [5.74, 6) is -0.938. The van der Waals surface area contributed by atoms with E-state index in [0.717, 1.165) is 11.3 Å². The summed E-state index contributed by atoms with van der Waals surface area (Å²) in [4.78, 5) is 11.3.